The largest absolute Gasteiger partial charge is 0.352 e. The zero-order valence-corrected chi connectivity index (χ0v) is 9.27. The maximum absolute atomic E-state index is 12.7. The Balaban J connectivity index is 2.65. The van der Waals surface area contributed by atoms with Crippen LogP contribution in [0.4, 0.5) is 4.39 Å². The van der Waals surface area contributed by atoms with Crippen LogP contribution >= 0.6 is 11.6 Å². The van der Waals surface area contributed by atoms with Crippen molar-refractivity contribution < 1.29 is 9.18 Å². The lowest BCUT2D eigenvalue weighted by Crippen LogP contribution is -2.24. The molecule has 0 fully saturated rings. The van der Waals surface area contributed by atoms with E-state index in [9.17, 15) is 9.18 Å². The summed E-state index contributed by atoms with van der Waals surface area (Å²) in [5.74, 6) is -0.696. The maximum atomic E-state index is 12.7. The fraction of sp³-hybridized carbons (Fsp3) is 0.364. The molecule has 0 aromatic heterocycles. The average Bonchev–Trinajstić information content (AvgIpc) is 2.17. The number of amides is 1. The summed E-state index contributed by atoms with van der Waals surface area (Å²) in [6.45, 7) is 2.65. The molecule has 1 N–H and O–H groups in total. The number of rotatable bonds is 4. The zero-order chi connectivity index (χ0) is 11.3. The van der Waals surface area contributed by atoms with Gasteiger partial charge in [0.05, 0.1) is 10.6 Å². The van der Waals surface area contributed by atoms with Crippen molar-refractivity contribution >= 4 is 17.5 Å². The second-order valence-electron chi connectivity index (χ2n) is 3.23. The van der Waals surface area contributed by atoms with E-state index in [1.807, 2.05) is 6.92 Å². The first-order valence-electron chi connectivity index (χ1n) is 4.88. The van der Waals surface area contributed by atoms with Gasteiger partial charge in [0.15, 0.2) is 0 Å². The number of unbranched alkanes of at least 4 members (excludes halogenated alkanes) is 1. The van der Waals surface area contributed by atoms with Crippen molar-refractivity contribution in [2.75, 3.05) is 6.54 Å². The molecule has 0 spiro atoms. The van der Waals surface area contributed by atoms with E-state index in [1.54, 1.807) is 0 Å². The first kappa shape index (κ1) is 12.0. The first-order chi connectivity index (χ1) is 7.15. The highest BCUT2D eigenvalue weighted by Crippen LogP contribution is 2.16. The quantitative estimate of drug-likeness (QED) is 0.791. The molecule has 1 rings (SSSR count). The van der Waals surface area contributed by atoms with Crippen LogP contribution in [0.25, 0.3) is 0 Å². The van der Waals surface area contributed by atoms with E-state index in [0.29, 0.717) is 12.1 Å². The van der Waals surface area contributed by atoms with Gasteiger partial charge < -0.3 is 5.32 Å². The van der Waals surface area contributed by atoms with E-state index >= 15 is 0 Å². The van der Waals surface area contributed by atoms with Gasteiger partial charge in [-0.1, -0.05) is 24.9 Å². The molecule has 82 valence electrons. The summed E-state index contributed by atoms with van der Waals surface area (Å²) in [7, 11) is 0. The lowest BCUT2D eigenvalue weighted by molar-refractivity contribution is 0.0953. The smallest absolute Gasteiger partial charge is 0.252 e. The Morgan fingerprint density at radius 1 is 1.53 bits per heavy atom. The second-order valence-corrected chi connectivity index (χ2v) is 3.64. The van der Waals surface area contributed by atoms with Crippen molar-refractivity contribution in [2.24, 2.45) is 0 Å². The summed E-state index contributed by atoms with van der Waals surface area (Å²) < 4.78 is 12.7. The van der Waals surface area contributed by atoms with Gasteiger partial charge in [-0.15, -0.1) is 0 Å². The highest BCUT2D eigenvalue weighted by Gasteiger charge is 2.09. The molecule has 0 saturated carbocycles. The third-order valence-corrected chi connectivity index (χ3v) is 2.30. The number of hydrogen-bond donors (Lipinski definition) is 1. The van der Waals surface area contributed by atoms with Crippen LogP contribution in [0.1, 0.15) is 30.1 Å². The van der Waals surface area contributed by atoms with Crippen LogP contribution < -0.4 is 5.32 Å². The first-order valence-corrected chi connectivity index (χ1v) is 5.26. The lowest BCUT2D eigenvalue weighted by atomic mass is 10.2. The highest BCUT2D eigenvalue weighted by atomic mass is 35.5. The number of benzene rings is 1. The third kappa shape index (κ3) is 3.51. The number of halogens is 2. The second kappa shape index (κ2) is 5.71. The predicted octanol–water partition coefficient (Wildman–Crippen LogP) is 3.01. The Kier molecular flexibility index (Phi) is 4.56. The third-order valence-electron chi connectivity index (χ3n) is 1.99. The number of hydrogen-bond acceptors (Lipinski definition) is 1. The molecule has 1 aromatic carbocycles. The summed E-state index contributed by atoms with van der Waals surface area (Å²) in [6, 6.07) is 3.75. The number of carbonyl (C=O) groups is 1. The monoisotopic (exact) mass is 229 g/mol. The molecule has 15 heavy (non-hydrogen) atoms. The fourth-order valence-electron chi connectivity index (χ4n) is 1.15. The normalized spacial score (nSPS) is 10.1. The molecule has 2 nitrogen and oxygen atoms in total. The Hall–Kier alpha value is -1.09. The Labute approximate surface area is 93.4 Å². The molecular formula is C11H13ClFNO. The van der Waals surface area contributed by atoms with Crippen LogP contribution in [-0.4, -0.2) is 12.5 Å². The summed E-state index contributed by atoms with van der Waals surface area (Å²) >= 11 is 5.74. The molecule has 0 saturated heterocycles. The van der Waals surface area contributed by atoms with Crippen LogP contribution in [0.5, 0.6) is 0 Å². The molecule has 0 radical (unpaired) electrons. The van der Waals surface area contributed by atoms with E-state index in [0.717, 1.165) is 18.9 Å². The van der Waals surface area contributed by atoms with Gasteiger partial charge in [0.1, 0.15) is 5.82 Å². The van der Waals surface area contributed by atoms with Crippen molar-refractivity contribution in [1.82, 2.24) is 5.32 Å². The van der Waals surface area contributed by atoms with Crippen LogP contribution in [0, 0.1) is 5.82 Å². The van der Waals surface area contributed by atoms with Crippen molar-refractivity contribution in [1.29, 1.82) is 0 Å². The Bertz CT molecular complexity index is 354. The molecule has 0 heterocycles. The van der Waals surface area contributed by atoms with Gasteiger partial charge in [0.2, 0.25) is 0 Å². The summed E-state index contributed by atoms with van der Waals surface area (Å²) in [5.41, 5.74) is 0.314. The standard InChI is InChI=1S/C11H13ClFNO/c1-2-3-6-14-11(15)9-5-4-8(13)7-10(9)12/h4-5,7H,2-3,6H2,1H3,(H,14,15). The van der Waals surface area contributed by atoms with Crippen LogP contribution in [0.2, 0.25) is 5.02 Å². The molecule has 4 heteroatoms. The summed E-state index contributed by atoms with van der Waals surface area (Å²) in [4.78, 5) is 11.5. The predicted molar refractivity (Wildman–Crippen MR) is 58.7 cm³/mol. The number of nitrogens with one attached hydrogen (secondary N) is 1. The van der Waals surface area contributed by atoms with Gasteiger partial charge in [-0.3, -0.25) is 4.79 Å². The molecule has 1 aromatic rings. The van der Waals surface area contributed by atoms with E-state index in [1.165, 1.54) is 12.1 Å². The van der Waals surface area contributed by atoms with Crippen LogP contribution in [-0.2, 0) is 0 Å². The van der Waals surface area contributed by atoms with Gasteiger partial charge in [0, 0.05) is 6.54 Å². The SMILES string of the molecule is CCCCNC(=O)c1ccc(F)cc1Cl. The summed E-state index contributed by atoms with van der Waals surface area (Å²) in [5, 5.41) is 2.86. The maximum Gasteiger partial charge on any atom is 0.252 e. The van der Waals surface area contributed by atoms with Crippen molar-refractivity contribution in [3.8, 4) is 0 Å². The van der Waals surface area contributed by atoms with E-state index in [2.05, 4.69) is 5.32 Å². The Morgan fingerprint density at radius 2 is 2.27 bits per heavy atom. The average molecular weight is 230 g/mol. The molecule has 0 bridgehead atoms. The Morgan fingerprint density at radius 3 is 2.87 bits per heavy atom. The minimum absolute atomic E-state index is 0.143. The summed E-state index contributed by atoms with van der Waals surface area (Å²) in [6.07, 6.45) is 1.93. The molecule has 0 aliphatic carbocycles. The van der Waals surface area contributed by atoms with E-state index in [-0.39, 0.29) is 10.9 Å². The van der Waals surface area contributed by atoms with E-state index < -0.39 is 5.82 Å². The minimum atomic E-state index is -0.440. The lowest BCUT2D eigenvalue weighted by Gasteiger charge is -2.05. The topological polar surface area (TPSA) is 29.1 Å². The van der Waals surface area contributed by atoms with Crippen molar-refractivity contribution in [2.45, 2.75) is 19.8 Å². The van der Waals surface area contributed by atoms with Crippen LogP contribution in [0.15, 0.2) is 18.2 Å². The van der Waals surface area contributed by atoms with Gasteiger partial charge in [-0.05, 0) is 24.6 Å². The highest BCUT2D eigenvalue weighted by molar-refractivity contribution is 6.33. The molecule has 0 aliphatic heterocycles. The van der Waals surface area contributed by atoms with Gasteiger partial charge in [-0.25, -0.2) is 4.39 Å². The molecule has 1 amide bonds. The van der Waals surface area contributed by atoms with Crippen molar-refractivity contribution in [3.05, 3.63) is 34.6 Å². The molecule has 0 aliphatic rings. The molecule has 0 atom stereocenters. The van der Waals surface area contributed by atoms with Crippen molar-refractivity contribution in [3.63, 3.8) is 0 Å². The van der Waals surface area contributed by atoms with Gasteiger partial charge >= 0.3 is 0 Å². The van der Waals surface area contributed by atoms with Gasteiger partial charge in [-0.2, -0.15) is 0 Å². The van der Waals surface area contributed by atoms with Gasteiger partial charge in [0.25, 0.3) is 5.91 Å². The molecular weight excluding hydrogens is 217 g/mol. The molecule has 0 unspecified atom stereocenters. The fourth-order valence-corrected chi connectivity index (χ4v) is 1.40. The number of carbonyl (C=O) groups excluding carboxylic acids is 1. The van der Waals surface area contributed by atoms with E-state index in [4.69, 9.17) is 11.6 Å². The zero-order valence-electron chi connectivity index (χ0n) is 8.52. The minimum Gasteiger partial charge on any atom is -0.352 e. The van der Waals surface area contributed by atoms with Crippen LogP contribution in [0.3, 0.4) is 0 Å².